The molecule has 4 nitrogen and oxygen atoms in total. The molecule has 0 bridgehead atoms. The molecule has 0 radical (unpaired) electrons. The van der Waals surface area contributed by atoms with E-state index in [0.717, 1.165) is 11.8 Å². The number of hydrogen-bond acceptors (Lipinski definition) is 4. The minimum absolute atomic E-state index is 0.232. The van der Waals surface area contributed by atoms with E-state index in [1.165, 1.54) is 6.07 Å². The normalized spacial score (nSPS) is 10.4. The maximum absolute atomic E-state index is 12.3. The number of alkyl halides is 3. The first-order valence-electron chi connectivity index (χ1n) is 8.72. The summed E-state index contributed by atoms with van der Waals surface area (Å²) in [7, 11) is 2.35. The average Bonchev–Trinajstić information content (AvgIpc) is 2.67. The van der Waals surface area contributed by atoms with Gasteiger partial charge in [-0.3, -0.25) is 0 Å². The summed E-state index contributed by atoms with van der Waals surface area (Å²) in [5.74, 6) is -2.61. The molecule has 0 heterocycles. The maximum atomic E-state index is 12.3. The van der Waals surface area contributed by atoms with Crippen molar-refractivity contribution >= 4 is 26.5 Å². The predicted octanol–water partition coefficient (Wildman–Crippen LogP) is 4.98. The van der Waals surface area contributed by atoms with Gasteiger partial charge in [0.2, 0.25) is 0 Å². The van der Waals surface area contributed by atoms with Crippen LogP contribution in [-0.2, 0) is 22.3 Å². The number of benzene rings is 2. The lowest BCUT2D eigenvalue weighted by molar-refractivity contribution is -0.291. The predicted molar refractivity (Wildman–Crippen MR) is 108 cm³/mol. The van der Waals surface area contributed by atoms with E-state index in [0.29, 0.717) is 23.7 Å². The molecule has 8 heteroatoms. The van der Waals surface area contributed by atoms with Crippen molar-refractivity contribution in [1.82, 2.24) is 0 Å². The highest BCUT2D eigenvalue weighted by Crippen LogP contribution is 2.26. The largest absolute Gasteiger partial charge is 0.575 e. The highest BCUT2D eigenvalue weighted by atomic mass is 31.0. The first-order chi connectivity index (χ1) is 13.7. The van der Waals surface area contributed by atoms with Crippen LogP contribution in [0, 0.1) is 0 Å². The standard InChI is InChI=1S/C15H16F3O4P.C6H6/c1-4-8-9(5-2)12(14(20)21-6-3)10(7-11(8)23)13(19)22-15(16,17)18;1-2-4-6-5-3-1/h6-7H,3-5,23H2,1-2H3;1-6H. The Kier molecular flexibility index (Phi) is 9.56. The van der Waals surface area contributed by atoms with Crippen LogP contribution in [0.5, 0.6) is 0 Å². The molecule has 0 saturated carbocycles. The molecule has 0 aromatic heterocycles. The molecular formula is C21H22F3O4P. The number of ether oxygens (including phenoxy) is 2. The van der Waals surface area contributed by atoms with E-state index in [9.17, 15) is 22.8 Å². The van der Waals surface area contributed by atoms with Crippen molar-refractivity contribution in [2.24, 2.45) is 0 Å². The fourth-order valence-corrected chi connectivity index (χ4v) is 3.23. The molecule has 1 atom stereocenters. The Bertz CT molecular complexity index is 823. The molecule has 0 spiro atoms. The quantitative estimate of drug-likeness (QED) is 0.385. The van der Waals surface area contributed by atoms with Gasteiger partial charge in [0.25, 0.3) is 0 Å². The molecule has 2 aromatic rings. The van der Waals surface area contributed by atoms with Crippen molar-refractivity contribution in [2.75, 3.05) is 0 Å². The molecule has 1 unspecified atom stereocenters. The van der Waals surface area contributed by atoms with Crippen molar-refractivity contribution in [3.05, 3.63) is 77.6 Å². The maximum Gasteiger partial charge on any atom is 0.575 e. The van der Waals surface area contributed by atoms with E-state index in [4.69, 9.17) is 0 Å². The topological polar surface area (TPSA) is 52.6 Å². The lowest BCUT2D eigenvalue weighted by Crippen LogP contribution is -2.25. The molecule has 0 aliphatic heterocycles. The summed E-state index contributed by atoms with van der Waals surface area (Å²) in [6.07, 6.45) is -3.43. The van der Waals surface area contributed by atoms with Gasteiger partial charge in [-0.1, -0.05) is 56.8 Å². The number of esters is 2. The first kappa shape index (κ1) is 24.4. The molecule has 0 fully saturated rings. The second-order valence-electron chi connectivity index (χ2n) is 5.61. The van der Waals surface area contributed by atoms with Gasteiger partial charge in [-0.2, -0.15) is 0 Å². The molecule has 29 heavy (non-hydrogen) atoms. The zero-order valence-electron chi connectivity index (χ0n) is 16.1. The molecule has 0 N–H and O–H groups in total. The minimum Gasteiger partial charge on any atom is -0.432 e. The summed E-state index contributed by atoms with van der Waals surface area (Å²) >= 11 is 0. The third kappa shape index (κ3) is 7.35. The Morgan fingerprint density at radius 2 is 1.48 bits per heavy atom. The molecule has 2 rings (SSSR count). The van der Waals surface area contributed by atoms with Crippen LogP contribution in [0.15, 0.2) is 55.3 Å². The summed E-state index contributed by atoms with van der Waals surface area (Å²) in [6.45, 7) is 6.79. The van der Waals surface area contributed by atoms with E-state index >= 15 is 0 Å². The molecule has 0 aliphatic carbocycles. The number of rotatable bonds is 5. The lowest BCUT2D eigenvalue weighted by Gasteiger charge is -2.18. The fourth-order valence-electron chi connectivity index (χ4n) is 2.68. The number of halogens is 3. The van der Waals surface area contributed by atoms with E-state index in [-0.39, 0.29) is 5.56 Å². The smallest absolute Gasteiger partial charge is 0.432 e. The van der Waals surface area contributed by atoms with Crippen molar-refractivity contribution < 1.29 is 32.2 Å². The van der Waals surface area contributed by atoms with Gasteiger partial charge >= 0.3 is 18.3 Å². The third-order valence-corrected chi connectivity index (χ3v) is 4.30. The summed E-state index contributed by atoms with van der Waals surface area (Å²) < 4.78 is 45.1. The Balaban J connectivity index is 0.000000594. The van der Waals surface area contributed by atoms with Crippen LogP contribution in [0.4, 0.5) is 13.2 Å². The number of carbonyl (C=O) groups is 2. The Labute approximate surface area is 169 Å². The van der Waals surface area contributed by atoms with Crippen LogP contribution >= 0.6 is 9.24 Å². The minimum atomic E-state index is -5.15. The Morgan fingerprint density at radius 1 is 1.00 bits per heavy atom. The monoisotopic (exact) mass is 426 g/mol. The van der Waals surface area contributed by atoms with E-state index in [1.54, 1.807) is 6.92 Å². The van der Waals surface area contributed by atoms with Crippen molar-refractivity contribution in [3.63, 3.8) is 0 Å². The van der Waals surface area contributed by atoms with Crippen LogP contribution < -0.4 is 5.30 Å². The zero-order chi connectivity index (χ0) is 22.0. The van der Waals surface area contributed by atoms with Crippen molar-refractivity contribution in [2.45, 2.75) is 33.1 Å². The van der Waals surface area contributed by atoms with Crippen LogP contribution in [0.3, 0.4) is 0 Å². The molecule has 2 aromatic carbocycles. The van der Waals surface area contributed by atoms with Crippen LogP contribution in [0.25, 0.3) is 0 Å². The Hall–Kier alpha value is -2.66. The second kappa shape index (κ2) is 11.4. The molecule has 0 saturated heterocycles. The van der Waals surface area contributed by atoms with Gasteiger partial charge in [-0.25, -0.2) is 9.59 Å². The van der Waals surface area contributed by atoms with Gasteiger partial charge in [-0.05, 0) is 35.3 Å². The molecule has 0 aliphatic rings. The van der Waals surface area contributed by atoms with Gasteiger partial charge < -0.3 is 9.47 Å². The summed E-state index contributed by atoms with van der Waals surface area (Å²) in [5.41, 5.74) is 0.468. The van der Waals surface area contributed by atoms with Gasteiger partial charge in [0.1, 0.15) is 0 Å². The first-order valence-corrected chi connectivity index (χ1v) is 9.30. The summed E-state index contributed by atoms with van der Waals surface area (Å²) in [6, 6.07) is 13.2. The van der Waals surface area contributed by atoms with Crippen molar-refractivity contribution in [1.29, 1.82) is 0 Å². The van der Waals surface area contributed by atoms with Crippen molar-refractivity contribution in [3.8, 4) is 0 Å². The van der Waals surface area contributed by atoms with Gasteiger partial charge in [0.15, 0.2) is 0 Å². The lowest BCUT2D eigenvalue weighted by atomic mass is 9.92. The summed E-state index contributed by atoms with van der Waals surface area (Å²) in [5, 5.41) is 0.522. The van der Waals surface area contributed by atoms with Crippen LogP contribution in [0.1, 0.15) is 45.7 Å². The Morgan fingerprint density at radius 3 is 1.86 bits per heavy atom. The highest BCUT2D eigenvalue weighted by Gasteiger charge is 2.36. The molecule has 0 amide bonds. The van der Waals surface area contributed by atoms with E-state index < -0.39 is 23.9 Å². The zero-order valence-corrected chi connectivity index (χ0v) is 17.2. The summed E-state index contributed by atoms with van der Waals surface area (Å²) in [4.78, 5) is 23.9. The fraction of sp³-hybridized carbons (Fsp3) is 0.238. The van der Waals surface area contributed by atoms with Crippen LogP contribution in [-0.4, -0.2) is 18.3 Å². The SMILES string of the molecule is C=COC(=O)c1c(C(=O)OC(F)(F)F)cc(P)c(CC)c1CC.c1ccccc1. The van der Waals surface area contributed by atoms with Crippen LogP contribution in [0.2, 0.25) is 0 Å². The number of hydrogen-bond donors (Lipinski definition) is 0. The third-order valence-electron chi connectivity index (χ3n) is 3.78. The van der Waals surface area contributed by atoms with Gasteiger partial charge in [0, 0.05) is 0 Å². The average molecular weight is 426 g/mol. The molecule has 156 valence electrons. The number of carbonyl (C=O) groups excluding carboxylic acids is 2. The van der Waals surface area contributed by atoms with Gasteiger partial charge in [0.05, 0.1) is 17.4 Å². The van der Waals surface area contributed by atoms with Gasteiger partial charge in [-0.15, -0.1) is 22.4 Å². The molecular weight excluding hydrogens is 404 g/mol. The highest BCUT2D eigenvalue weighted by molar-refractivity contribution is 7.27. The second-order valence-corrected chi connectivity index (χ2v) is 6.24. The van der Waals surface area contributed by atoms with E-state index in [1.807, 2.05) is 43.3 Å². The van der Waals surface area contributed by atoms with E-state index in [2.05, 4.69) is 25.3 Å².